The second-order valence-electron chi connectivity index (χ2n) is 3.38. The van der Waals surface area contributed by atoms with E-state index < -0.39 is 6.03 Å². The quantitative estimate of drug-likeness (QED) is 0.867. The molecular weight excluding hydrogens is 232 g/mol. The molecule has 0 bridgehead atoms. The normalized spacial score (nSPS) is 9.61. The van der Waals surface area contributed by atoms with Gasteiger partial charge in [-0.25, -0.2) is 14.8 Å². The molecular formula is C12H12N4O2. The fourth-order valence-corrected chi connectivity index (χ4v) is 1.33. The monoisotopic (exact) mass is 244 g/mol. The van der Waals surface area contributed by atoms with Crippen molar-refractivity contribution in [2.75, 3.05) is 17.7 Å². The minimum absolute atomic E-state index is 0.248. The van der Waals surface area contributed by atoms with Gasteiger partial charge < -0.3 is 10.1 Å². The molecule has 0 radical (unpaired) electrons. The Morgan fingerprint density at radius 2 is 1.94 bits per heavy atom. The van der Waals surface area contributed by atoms with Crippen molar-refractivity contribution in [2.45, 2.75) is 0 Å². The fourth-order valence-electron chi connectivity index (χ4n) is 1.33. The van der Waals surface area contributed by atoms with Crippen molar-refractivity contribution in [1.82, 2.24) is 9.97 Å². The third-order valence-electron chi connectivity index (χ3n) is 2.12. The summed E-state index contributed by atoms with van der Waals surface area (Å²) in [7, 11) is 1.57. The zero-order chi connectivity index (χ0) is 12.8. The minimum Gasteiger partial charge on any atom is -0.497 e. The van der Waals surface area contributed by atoms with Crippen molar-refractivity contribution in [3.8, 4) is 5.75 Å². The van der Waals surface area contributed by atoms with Crippen LogP contribution < -0.4 is 15.4 Å². The number of carbonyl (C=O) groups is 1. The van der Waals surface area contributed by atoms with E-state index in [-0.39, 0.29) is 5.95 Å². The van der Waals surface area contributed by atoms with Gasteiger partial charge in [0.25, 0.3) is 0 Å². The maximum atomic E-state index is 11.6. The Bertz CT molecular complexity index is 531. The van der Waals surface area contributed by atoms with Gasteiger partial charge in [0.05, 0.1) is 7.11 Å². The second-order valence-corrected chi connectivity index (χ2v) is 3.38. The lowest BCUT2D eigenvalue weighted by Crippen LogP contribution is -2.20. The van der Waals surface area contributed by atoms with E-state index in [2.05, 4.69) is 20.6 Å². The Kier molecular flexibility index (Phi) is 3.70. The molecule has 6 nitrogen and oxygen atoms in total. The number of ether oxygens (including phenoxy) is 1. The number of aromatic nitrogens is 2. The highest BCUT2D eigenvalue weighted by Crippen LogP contribution is 2.16. The van der Waals surface area contributed by atoms with E-state index in [9.17, 15) is 4.79 Å². The van der Waals surface area contributed by atoms with E-state index in [1.807, 2.05) is 0 Å². The predicted octanol–water partition coefficient (Wildman–Crippen LogP) is 2.13. The largest absolute Gasteiger partial charge is 0.497 e. The van der Waals surface area contributed by atoms with Crippen LogP contribution in [0, 0.1) is 0 Å². The van der Waals surface area contributed by atoms with Crippen LogP contribution in [0.1, 0.15) is 0 Å². The summed E-state index contributed by atoms with van der Waals surface area (Å²) >= 11 is 0. The van der Waals surface area contributed by atoms with Crippen LogP contribution in [0.3, 0.4) is 0 Å². The number of hydrogen-bond donors (Lipinski definition) is 2. The maximum Gasteiger partial charge on any atom is 0.326 e. The fraction of sp³-hybridized carbons (Fsp3) is 0.0833. The Morgan fingerprint density at radius 3 is 2.67 bits per heavy atom. The molecule has 92 valence electrons. The molecule has 0 saturated heterocycles. The van der Waals surface area contributed by atoms with Gasteiger partial charge in [0.15, 0.2) is 0 Å². The van der Waals surface area contributed by atoms with Gasteiger partial charge in [0, 0.05) is 24.1 Å². The van der Waals surface area contributed by atoms with Crippen molar-refractivity contribution in [1.29, 1.82) is 0 Å². The van der Waals surface area contributed by atoms with Crippen LogP contribution in [0.15, 0.2) is 42.7 Å². The number of nitrogens with zero attached hydrogens (tertiary/aromatic N) is 2. The number of hydrogen-bond acceptors (Lipinski definition) is 4. The summed E-state index contributed by atoms with van der Waals surface area (Å²) in [6.45, 7) is 0. The third-order valence-corrected chi connectivity index (χ3v) is 2.12. The number of amides is 2. The smallest absolute Gasteiger partial charge is 0.326 e. The van der Waals surface area contributed by atoms with E-state index in [0.717, 1.165) is 0 Å². The Balaban J connectivity index is 1.99. The van der Waals surface area contributed by atoms with Gasteiger partial charge in [-0.1, -0.05) is 6.07 Å². The Hall–Kier alpha value is -2.63. The summed E-state index contributed by atoms with van der Waals surface area (Å²) in [5.74, 6) is 0.918. The SMILES string of the molecule is COc1cccc(NC(=O)Nc2ncccn2)c1. The average molecular weight is 244 g/mol. The molecule has 0 spiro atoms. The van der Waals surface area contributed by atoms with Gasteiger partial charge >= 0.3 is 6.03 Å². The van der Waals surface area contributed by atoms with Crippen molar-refractivity contribution >= 4 is 17.7 Å². The van der Waals surface area contributed by atoms with Crippen molar-refractivity contribution in [3.63, 3.8) is 0 Å². The molecule has 2 amide bonds. The number of nitrogens with one attached hydrogen (secondary N) is 2. The third kappa shape index (κ3) is 3.18. The van der Waals surface area contributed by atoms with Crippen molar-refractivity contribution in [3.05, 3.63) is 42.7 Å². The molecule has 0 aliphatic heterocycles. The predicted molar refractivity (Wildman–Crippen MR) is 67.7 cm³/mol. The molecule has 0 unspecified atom stereocenters. The first kappa shape index (κ1) is 11.8. The van der Waals surface area contributed by atoms with Crippen LogP contribution in [-0.4, -0.2) is 23.1 Å². The van der Waals surface area contributed by atoms with E-state index in [1.54, 1.807) is 49.8 Å². The highest BCUT2D eigenvalue weighted by Gasteiger charge is 2.04. The van der Waals surface area contributed by atoms with E-state index in [4.69, 9.17) is 4.74 Å². The van der Waals surface area contributed by atoms with Gasteiger partial charge in [-0.2, -0.15) is 0 Å². The van der Waals surface area contributed by atoms with Crippen LogP contribution in [0.2, 0.25) is 0 Å². The van der Waals surface area contributed by atoms with Crippen LogP contribution in [0.5, 0.6) is 5.75 Å². The first-order chi connectivity index (χ1) is 8.78. The first-order valence-electron chi connectivity index (χ1n) is 5.27. The van der Waals surface area contributed by atoms with Crippen LogP contribution in [0.25, 0.3) is 0 Å². The lowest BCUT2D eigenvalue weighted by Gasteiger charge is -2.07. The average Bonchev–Trinajstić information content (AvgIpc) is 2.40. The molecule has 2 N–H and O–H groups in total. The highest BCUT2D eigenvalue weighted by atomic mass is 16.5. The minimum atomic E-state index is -0.408. The van der Waals surface area contributed by atoms with Crippen LogP contribution >= 0.6 is 0 Å². The number of methoxy groups -OCH3 is 1. The molecule has 1 aromatic carbocycles. The molecule has 0 atom stereocenters. The standard InChI is InChI=1S/C12H12N4O2/c1-18-10-5-2-4-9(8-10)15-12(17)16-11-13-6-3-7-14-11/h2-8H,1H3,(H2,13,14,15,16,17). The number of carbonyl (C=O) groups excluding carboxylic acids is 1. The van der Waals surface area contributed by atoms with Gasteiger partial charge in [0.2, 0.25) is 5.95 Å². The molecule has 6 heteroatoms. The summed E-state index contributed by atoms with van der Waals surface area (Å²) in [6.07, 6.45) is 3.10. The molecule has 0 aliphatic rings. The molecule has 1 heterocycles. The van der Waals surface area contributed by atoms with E-state index in [0.29, 0.717) is 11.4 Å². The molecule has 1 aromatic heterocycles. The number of anilines is 2. The van der Waals surface area contributed by atoms with Gasteiger partial charge in [-0.05, 0) is 18.2 Å². The lowest BCUT2D eigenvalue weighted by molar-refractivity contribution is 0.262. The Labute approximate surface area is 104 Å². The zero-order valence-corrected chi connectivity index (χ0v) is 9.75. The number of urea groups is 1. The van der Waals surface area contributed by atoms with Crippen LogP contribution in [0.4, 0.5) is 16.4 Å². The molecule has 0 aliphatic carbocycles. The molecule has 2 rings (SSSR count). The number of benzene rings is 1. The van der Waals surface area contributed by atoms with Crippen LogP contribution in [-0.2, 0) is 0 Å². The summed E-state index contributed by atoms with van der Waals surface area (Å²) < 4.78 is 5.06. The van der Waals surface area contributed by atoms with Gasteiger partial charge in [-0.15, -0.1) is 0 Å². The summed E-state index contributed by atoms with van der Waals surface area (Å²) in [4.78, 5) is 19.4. The van der Waals surface area contributed by atoms with Crippen molar-refractivity contribution in [2.24, 2.45) is 0 Å². The van der Waals surface area contributed by atoms with Gasteiger partial charge in [0.1, 0.15) is 5.75 Å². The second kappa shape index (κ2) is 5.62. The summed E-state index contributed by atoms with van der Waals surface area (Å²) in [5, 5.41) is 5.17. The lowest BCUT2D eigenvalue weighted by atomic mass is 10.3. The molecule has 18 heavy (non-hydrogen) atoms. The van der Waals surface area contributed by atoms with Gasteiger partial charge in [-0.3, -0.25) is 5.32 Å². The zero-order valence-electron chi connectivity index (χ0n) is 9.75. The summed E-state index contributed by atoms with van der Waals surface area (Å²) in [6, 6.07) is 8.32. The summed E-state index contributed by atoms with van der Waals surface area (Å²) in [5.41, 5.74) is 0.628. The molecule has 2 aromatic rings. The highest BCUT2D eigenvalue weighted by molar-refractivity contribution is 5.98. The van der Waals surface area contributed by atoms with E-state index >= 15 is 0 Å². The molecule has 0 fully saturated rings. The topological polar surface area (TPSA) is 76.1 Å². The first-order valence-corrected chi connectivity index (χ1v) is 5.27. The Morgan fingerprint density at radius 1 is 1.17 bits per heavy atom. The molecule has 0 saturated carbocycles. The maximum absolute atomic E-state index is 11.6. The number of rotatable bonds is 3. The van der Waals surface area contributed by atoms with E-state index in [1.165, 1.54) is 0 Å². The van der Waals surface area contributed by atoms with Crippen molar-refractivity contribution < 1.29 is 9.53 Å².